The number of nitrogens with zero attached hydrogens (tertiary/aromatic N) is 1. The zero-order valence-corrected chi connectivity index (χ0v) is 18.6. The summed E-state index contributed by atoms with van der Waals surface area (Å²) in [5.74, 6) is 1.03. The summed E-state index contributed by atoms with van der Waals surface area (Å²) >= 11 is 5.98. The number of carbonyl (C=O) groups is 2. The highest BCUT2D eigenvalue weighted by Gasteiger charge is 2.31. The predicted octanol–water partition coefficient (Wildman–Crippen LogP) is 4.84. The van der Waals surface area contributed by atoms with E-state index in [1.54, 1.807) is 49.3 Å². The van der Waals surface area contributed by atoms with Gasteiger partial charge in [-0.05, 0) is 60.5 Å². The van der Waals surface area contributed by atoms with E-state index in [0.717, 1.165) is 16.9 Å². The van der Waals surface area contributed by atoms with Gasteiger partial charge in [0.15, 0.2) is 6.10 Å². The summed E-state index contributed by atoms with van der Waals surface area (Å²) < 4.78 is 10.9. The van der Waals surface area contributed by atoms with E-state index in [4.69, 9.17) is 21.1 Å². The molecule has 0 fully saturated rings. The normalized spacial score (nSPS) is 15.0. The quantitative estimate of drug-likeness (QED) is 0.583. The Kier molecular flexibility index (Phi) is 6.32. The fourth-order valence-electron chi connectivity index (χ4n) is 3.55. The van der Waals surface area contributed by atoms with E-state index >= 15 is 0 Å². The van der Waals surface area contributed by atoms with Crippen molar-refractivity contribution in [3.8, 4) is 11.5 Å². The lowest BCUT2D eigenvalue weighted by molar-refractivity contribution is -0.125. The van der Waals surface area contributed by atoms with Crippen molar-refractivity contribution in [1.82, 2.24) is 0 Å². The van der Waals surface area contributed by atoms with Gasteiger partial charge in [0.05, 0.1) is 25.8 Å². The first-order valence-electron chi connectivity index (χ1n) is 10.2. The maximum atomic E-state index is 12.9. The summed E-state index contributed by atoms with van der Waals surface area (Å²) in [6.45, 7) is 2.10. The van der Waals surface area contributed by atoms with Crippen molar-refractivity contribution in [3.63, 3.8) is 0 Å². The van der Waals surface area contributed by atoms with Gasteiger partial charge in [-0.3, -0.25) is 9.59 Å². The summed E-state index contributed by atoms with van der Waals surface area (Å²) in [4.78, 5) is 27.1. The number of halogens is 1. The third-order valence-electron chi connectivity index (χ3n) is 5.23. The molecule has 0 spiro atoms. The first kappa shape index (κ1) is 21.7. The predicted molar refractivity (Wildman–Crippen MR) is 125 cm³/mol. The number of nitrogens with one attached hydrogen (secondary N) is 1. The highest BCUT2D eigenvalue weighted by Crippen LogP contribution is 2.37. The van der Waals surface area contributed by atoms with E-state index in [1.807, 2.05) is 36.4 Å². The number of benzene rings is 3. The van der Waals surface area contributed by atoms with E-state index in [2.05, 4.69) is 5.32 Å². The Labute approximate surface area is 191 Å². The Hall–Kier alpha value is -3.51. The number of ether oxygens (including phenoxy) is 2. The summed E-state index contributed by atoms with van der Waals surface area (Å²) in [5, 5.41) is 3.54. The lowest BCUT2D eigenvalue weighted by atomic mass is 10.1. The van der Waals surface area contributed by atoms with Gasteiger partial charge >= 0.3 is 0 Å². The smallest absolute Gasteiger partial charge is 0.268 e. The molecule has 4 rings (SSSR count). The van der Waals surface area contributed by atoms with Crippen molar-refractivity contribution in [2.45, 2.75) is 26.0 Å². The van der Waals surface area contributed by atoms with Gasteiger partial charge in [-0.25, -0.2) is 0 Å². The molecule has 1 atom stereocenters. The Morgan fingerprint density at radius 2 is 1.75 bits per heavy atom. The van der Waals surface area contributed by atoms with Crippen molar-refractivity contribution in [1.29, 1.82) is 0 Å². The van der Waals surface area contributed by atoms with Crippen LogP contribution in [-0.2, 0) is 22.6 Å². The Morgan fingerprint density at radius 3 is 2.44 bits per heavy atom. The minimum Gasteiger partial charge on any atom is -0.497 e. The molecule has 0 saturated heterocycles. The monoisotopic (exact) mass is 450 g/mol. The summed E-state index contributed by atoms with van der Waals surface area (Å²) in [5.41, 5.74) is 3.02. The maximum Gasteiger partial charge on any atom is 0.268 e. The number of anilines is 2. The first-order valence-corrected chi connectivity index (χ1v) is 10.6. The topological polar surface area (TPSA) is 67.9 Å². The number of methoxy groups -OCH3 is 1. The van der Waals surface area contributed by atoms with Gasteiger partial charge in [0.2, 0.25) is 5.91 Å². The molecule has 2 amide bonds. The molecular weight excluding hydrogens is 428 g/mol. The van der Waals surface area contributed by atoms with Crippen LogP contribution in [0.15, 0.2) is 66.7 Å². The fourth-order valence-corrected chi connectivity index (χ4v) is 3.68. The van der Waals surface area contributed by atoms with Gasteiger partial charge in [0.25, 0.3) is 5.91 Å². The molecule has 1 heterocycles. The van der Waals surface area contributed by atoms with Gasteiger partial charge in [-0.1, -0.05) is 35.9 Å². The van der Waals surface area contributed by atoms with Crippen LogP contribution < -0.4 is 19.7 Å². The summed E-state index contributed by atoms with van der Waals surface area (Å²) in [6.07, 6.45) is -0.368. The third kappa shape index (κ3) is 4.86. The average molecular weight is 451 g/mol. The minimum absolute atomic E-state index is 0.144. The van der Waals surface area contributed by atoms with Crippen LogP contribution in [0.3, 0.4) is 0 Å². The van der Waals surface area contributed by atoms with Gasteiger partial charge in [-0.2, -0.15) is 0 Å². The van der Waals surface area contributed by atoms with Crippen LogP contribution in [-0.4, -0.2) is 25.0 Å². The van der Waals surface area contributed by atoms with E-state index in [0.29, 0.717) is 28.7 Å². The van der Waals surface area contributed by atoms with E-state index in [9.17, 15) is 9.59 Å². The minimum atomic E-state index is -0.592. The van der Waals surface area contributed by atoms with Crippen LogP contribution in [0.4, 0.5) is 11.4 Å². The zero-order chi connectivity index (χ0) is 22.7. The second-order valence-electron chi connectivity index (χ2n) is 7.57. The summed E-state index contributed by atoms with van der Waals surface area (Å²) in [6, 6.07) is 20.0. The average Bonchev–Trinajstić information content (AvgIpc) is 2.79. The molecule has 7 heteroatoms. The van der Waals surface area contributed by atoms with Crippen LogP contribution >= 0.6 is 11.6 Å². The molecule has 0 radical (unpaired) electrons. The van der Waals surface area contributed by atoms with Crippen molar-refractivity contribution < 1.29 is 19.1 Å². The van der Waals surface area contributed by atoms with Gasteiger partial charge < -0.3 is 19.7 Å². The second kappa shape index (κ2) is 9.32. The van der Waals surface area contributed by atoms with Crippen LogP contribution in [0.1, 0.15) is 18.1 Å². The molecule has 1 N–H and O–H groups in total. The number of hydrogen-bond donors (Lipinski definition) is 1. The molecule has 3 aromatic rings. The standard InChI is InChI=1S/C25H23ClN2O4/c1-16-25(30)28(15-18-3-7-19(26)8-4-18)22-14-20(9-12-23(22)32-16)27-24(29)13-17-5-10-21(31-2)11-6-17/h3-12,14,16H,13,15H2,1-2H3,(H,27,29). The molecule has 6 nitrogen and oxygen atoms in total. The molecular formula is C25H23ClN2O4. The van der Waals surface area contributed by atoms with E-state index in [1.165, 1.54) is 0 Å². The van der Waals surface area contributed by atoms with Crippen molar-refractivity contribution in [2.24, 2.45) is 0 Å². The number of fused-ring (bicyclic) bond motifs is 1. The Balaban J connectivity index is 1.53. The molecule has 1 aliphatic rings. The molecule has 32 heavy (non-hydrogen) atoms. The van der Waals surface area contributed by atoms with Crippen molar-refractivity contribution in [2.75, 3.05) is 17.3 Å². The number of amides is 2. The zero-order valence-electron chi connectivity index (χ0n) is 17.8. The molecule has 3 aromatic carbocycles. The molecule has 0 bridgehead atoms. The molecule has 1 aliphatic heterocycles. The van der Waals surface area contributed by atoms with Crippen LogP contribution in [0.25, 0.3) is 0 Å². The SMILES string of the molecule is COc1ccc(CC(=O)Nc2ccc3c(c2)N(Cc2ccc(Cl)cc2)C(=O)C(C)O3)cc1. The summed E-state index contributed by atoms with van der Waals surface area (Å²) in [7, 11) is 1.60. The molecule has 0 aromatic heterocycles. The van der Waals surface area contributed by atoms with E-state index < -0.39 is 6.10 Å². The van der Waals surface area contributed by atoms with Crippen molar-refractivity contribution >= 4 is 34.8 Å². The molecule has 164 valence electrons. The Bertz CT molecular complexity index is 1130. The molecule has 1 unspecified atom stereocenters. The highest BCUT2D eigenvalue weighted by molar-refractivity contribution is 6.30. The number of carbonyl (C=O) groups excluding carboxylic acids is 2. The van der Waals surface area contributed by atoms with Crippen LogP contribution in [0.2, 0.25) is 5.02 Å². The van der Waals surface area contributed by atoms with Crippen molar-refractivity contribution in [3.05, 3.63) is 82.9 Å². The van der Waals surface area contributed by atoms with Crippen LogP contribution in [0, 0.1) is 0 Å². The van der Waals surface area contributed by atoms with Gasteiger partial charge in [0, 0.05) is 10.7 Å². The second-order valence-corrected chi connectivity index (χ2v) is 8.00. The van der Waals surface area contributed by atoms with Gasteiger partial charge in [-0.15, -0.1) is 0 Å². The highest BCUT2D eigenvalue weighted by atomic mass is 35.5. The lowest BCUT2D eigenvalue weighted by Crippen LogP contribution is -2.44. The largest absolute Gasteiger partial charge is 0.497 e. The third-order valence-corrected chi connectivity index (χ3v) is 5.48. The molecule has 0 aliphatic carbocycles. The fraction of sp³-hybridized carbons (Fsp3) is 0.200. The molecule has 0 saturated carbocycles. The maximum absolute atomic E-state index is 12.9. The Morgan fingerprint density at radius 1 is 1.06 bits per heavy atom. The van der Waals surface area contributed by atoms with Gasteiger partial charge in [0.1, 0.15) is 11.5 Å². The number of hydrogen-bond acceptors (Lipinski definition) is 4. The van der Waals surface area contributed by atoms with Crippen LogP contribution in [0.5, 0.6) is 11.5 Å². The lowest BCUT2D eigenvalue weighted by Gasteiger charge is -2.33. The van der Waals surface area contributed by atoms with E-state index in [-0.39, 0.29) is 18.2 Å². The first-order chi connectivity index (χ1) is 15.4. The number of rotatable bonds is 6.